The van der Waals surface area contributed by atoms with E-state index in [9.17, 15) is 9.59 Å². The van der Waals surface area contributed by atoms with Crippen molar-refractivity contribution in [3.8, 4) is 0 Å². The van der Waals surface area contributed by atoms with E-state index in [-0.39, 0.29) is 41.8 Å². The van der Waals surface area contributed by atoms with E-state index in [0.717, 1.165) is 63.5 Å². The second kappa shape index (κ2) is 11.9. The molecular weight excluding hydrogens is 525 g/mol. The first kappa shape index (κ1) is 26.5. The minimum atomic E-state index is -0.505. The Labute approximate surface area is 207 Å². The van der Waals surface area contributed by atoms with Crippen molar-refractivity contribution in [1.82, 2.24) is 29.9 Å². The average molecular weight is 563 g/mol. The van der Waals surface area contributed by atoms with Gasteiger partial charge in [-0.15, -0.1) is 24.0 Å². The van der Waals surface area contributed by atoms with Crippen molar-refractivity contribution in [2.75, 3.05) is 26.2 Å². The van der Waals surface area contributed by atoms with E-state index in [1.807, 2.05) is 27.7 Å². The summed E-state index contributed by atoms with van der Waals surface area (Å²) < 4.78 is 8.74. The molecule has 32 heavy (non-hydrogen) atoms. The van der Waals surface area contributed by atoms with E-state index in [1.54, 1.807) is 9.25 Å². The molecule has 1 amide bonds. The quantitative estimate of drug-likeness (QED) is 0.237. The van der Waals surface area contributed by atoms with Crippen LogP contribution in [0.5, 0.6) is 0 Å². The third-order valence-electron chi connectivity index (χ3n) is 5.36. The van der Waals surface area contributed by atoms with Crippen molar-refractivity contribution in [2.24, 2.45) is 4.99 Å². The summed E-state index contributed by atoms with van der Waals surface area (Å²) in [5, 5.41) is 10.8. The number of fused-ring (bicyclic) bond motifs is 1. The average Bonchev–Trinajstić information content (AvgIpc) is 3.28. The van der Waals surface area contributed by atoms with Crippen molar-refractivity contribution in [2.45, 2.75) is 84.5 Å². The first-order valence-electron chi connectivity index (χ1n) is 11.5. The summed E-state index contributed by atoms with van der Waals surface area (Å²) in [7, 11) is 0. The molecule has 1 aromatic rings. The number of likely N-dealkylation sites (tertiary alicyclic amines) is 1. The number of rotatable bonds is 6. The number of halogens is 1. The van der Waals surface area contributed by atoms with Gasteiger partial charge in [0.1, 0.15) is 11.4 Å². The molecule has 10 nitrogen and oxygen atoms in total. The van der Waals surface area contributed by atoms with Gasteiger partial charge in [-0.1, -0.05) is 0 Å². The number of aryl methyl sites for hydroxylation is 2. The van der Waals surface area contributed by atoms with Gasteiger partial charge < -0.3 is 20.3 Å². The van der Waals surface area contributed by atoms with E-state index >= 15 is 0 Å². The van der Waals surface area contributed by atoms with Gasteiger partial charge in [0, 0.05) is 45.7 Å². The number of nitrogens with zero attached hydrogens (tertiary/aromatic N) is 5. The van der Waals surface area contributed by atoms with Gasteiger partial charge >= 0.3 is 11.8 Å². The first-order valence-corrected chi connectivity index (χ1v) is 11.5. The fourth-order valence-corrected chi connectivity index (χ4v) is 3.97. The van der Waals surface area contributed by atoms with Crippen LogP contribution in [0.15, 0.2) is 9.79 Å². The fourth-order valence-electron chi connectivity index (χ4n) is 3.97. The smallest absolute Gasteiger partial charge is 0.407 e. The van der Waals surface area contributed by atoms with Crippen LogP contribution in [0.4, 0.5) is 4.79 Å². The van der Waals surface area contributed by atoms with Gasteiger partial charge in [0.15, 0.2) is 5.96 Å². The third kappa shape index (κ3) is 7.38. The molecule has 2 N–H and O–H groups in total. The molecule has 1 atom stereocenters. The molecule has 1 unspecified atom stereocenters. The lowest BCUT2D eigenvalue weighted by molar-refractivity contribution is 0.0507. The highest BCUT2D eigenvalue weighted by Gasteiger charge is 2.27. The van der Waals surface area contributed by atoms with Crippen molar-refractivity contribution in [3.05, 3.63) is 16.3 Å². The number of guanidine groups is 1. The largest absolute Gasteiger partial charge is 0.444 e. The maximum atomic E-state index is 12.4. The Morgan fingerprint density at radius 2 is 2.06 bits per heavy atom. The number of hydrogen-bond acceptors (Lipinski definition) is 5. The Morgan fingerprint density at radius 1 is 1.28 bits per heavy atom. The molecule has 11 heteroatoms. The lowest BCUT2D eigenvalue weighted by atomic mass is 10.2. The third-order valence-corrected chi connectivity index (χ3v) is 5.36. The number of alkyl carbamates (subject to hydrolysis) is 1. The van der Waals surface area contributed by atoms with Gasteiger partial charge in [-0.2, -0.15) is 5.10 Å². The fraction of sp³-hybridized carbons (Fsp3) is 0.810. The van der Waals surface area contributed by atoms with E-state index in [1.165, 1.54) is 0 Å². The van der Waals surface area contributed by atoms with Crippen LogP contribution in [-0.4, -0.2) is 69.1 Å². The van der Waals surface area contributed by atoms with Crippen molar-refractivity contribution >= 4 is 36.0 Å². The minimum Gasteiger partial charge on any atom is -0.444 e. The Morgan fingerprint density at radius 3 is 2.75 bits per heavy atom. The Bertz CT molecular complexity index is 843. The Hall–Kier alpha value is -1.79. The molecule has 0 aliphatic carbocycles. The molecule has 3 rings (SSSR count). The summed E-state index contributed by atoms with van der Waals surface area (Å²) in [5.74, 6) is 1.75. The summed E-state index contributed by atoms with van der Waals surface area (Å²) in [6.45, 7) is 11.9. The number of aromatic nitrogens is 3. The first-order chi connectivity index (χ1) is 14.8. The minimum absolute atomic E-state index is 0. The molecule has 2 aliphatic heterocycles. The monoisotopic (exact) mass is 563 g/mol. The van der Waals surface area contributed by atoms with Crippen LogP contribution in [0, 0.1) is 0 Å². The van der Waals surface area contributed by atoms with Gasteiger partial charge in [-0.05, 0) is 53.4 Å². The van der Waals surface area contributed by atoms with Gasteiger partial charge in [-0.3, -0.25) is 9.56 Å². The summed E-state index contributed by atoms with van der Waals surface area (Å²) in [4.78, 5) is 31.3. The van der Waals surface area contributed by atoms with Crippen molar-refractivity contribution in [3.63, 3.8) is 0 Å². The van der Waals surface area contributed by atoms with Crippen LogP contribution in [0.25, 0.3) is 0 Å². The molecule has 0 bridgehead atoms. The highest BCUT2D eigenvalue weighted by molar-refractivity contribution is 14.0. The Kier molecular flexibility index (Phi) is 9.83. The topological polar surface area (TPSA) is 106 Å². The number of hydrogen-bond donors (Lipinski definition) is 2. The molecular formula is C21H38IN7O3. The molecule has 0 radical (unpaired) electrons. The zero-order chi connectivity index (χ0) is 22.4. The predicted octanol–water partition coefficient (Wildman–Crippen LogP) is 1.95. The predicted molar refractivity (Wildman–Crippen MR) is 135 cm³/mol. The molecule has 0 saturated carbocycles. The van der Waals surface area contributed by atoms with E-state index in [0.29, 0.717) is 19.6 Å². The highest BCUT2D eigenvalue weighted by Crippen LogP contribution is 2.12. The van der Waals surface area contributed by atoms with Crippen LogP contribution in [0.2, 0.25) is 0 Å². The second-order valence-electron chi connectivity index (χ2n) is 9.20. The molecule has 0 spiro atoms. The lowest BCUT2D eigenvalue weighted by Gasteiger charge is -2.23. The van der Waals surface area contributed by atoms with Gasteiger partial charge in [-0.25, -0.2) is 14.3 Å². The van der Waals surface area contributed by atoms with E-state index in [2.05, 4.69) is 20.6 Å². The van der Waals surface area contributed by atoms with Crippen LogP contribution >= 0.6 is 24.0 Å². The number of ether oxygens (including phenoxy) is 1. The lowest BCUT2D eigenvalue weighted by Crippen LogP contribution is -2.44. The van der Waals surface area contributed by atoms with Crippen LogP contribution in [-0.2, 0) is 24.2 Å². The van der Waals surface area contributed by atoms with Crippen molar-refractivity contribution in [1.29, 1.82) is 0 Å². The molecule has 1 aromatic heterocycles. The maximum absolute atomic E-state index is 12.4. The van der Waals surface area contributed by atoms with Crippen LogP contribution in [0.1, 0.15) is 59.2 Å². The normalized spacial score (nSPS) is 18.7. The number of aliphatic imine (C=N–C) groups is 1. The molecule has 0 aromatic carbocycles. The Balaban J connectivity index is 0.00000363. The summed E-state index contributed by atoms with van der Waals surface area (Å²) in [5.41, 5.74) is -0.504. The zero-order valence-corrected chi connectivity index (χ0v) is 22.1. The van der Waals surface area contributed by atoms with Crippen LogP contribution in [0.3, 0.4) is 0 Å². The van der Waals surface area contributed by atoms with Crippen molar-refractivity contribution < 1.29 is 9.53 Å². The summed E-state index contributed by atoms with van der Waals surface area (Å²) >= 11 is 0. The molecule has 2 aliphatic rings. The molecule has 1 saturated heterocycles. The van der Waals surface area contributed by atoms with Crippen LogP contribution < -0.4 is 16.3 Å². The molecule has 1 fully saturated rings. The second-order valence-corrected chi connectivity index (χ2v) is 9.20. The maximum Gasteiger partial charge on any atom is 0.407 e. The van der Waals surface area contributed by atoms with E-state index in [4.69, 9.17) is 9.73 Å². The SMILES string of the molecule is CCNC(=NCCCn1nc2n(c1=O)CCCC2)N1CCC(NC(=O)OC(C)(C)C)C1.I. The molecule has 182 valence electrons. The summed E-state index contributed by atoms with van der Waals surface area (Å²) in [6, 6.07) is 0.0362. The highest BCUT2D eigenvalue weighted by atomic mass is 127. The summed E-state index contributed by atoms with van der Waals surface area (Å²) in [6.07, 6.45) is 4.26. The van der Waals surface area contributed by atoms with Gasteiger partial charge in [0.05, 0.1) is 6.04 Å². The standard InChI is InChI=1S/C21H37N7O3.HI/c1-5-22-18(26-14-10-16(15-26)24-19(29)31-21(2,3)4)23-11-8-13-28-20(30)27-12-7-6-9-17(27)25-28;/h16H,5-15H2,1-4H3,(H,22,23)(H,24,29);1H. The number of amides is 1. The number of carbonyl (C=O) groups is 1. The van der Waals surface area contributed by atoms with Gasteiger partial charge in [0.2, 0.25) is 0 Å². The number of nitrogens with one attached hydrogen (secondary N) is 2. The zero-order valence-electron chi connectivity index (χ0n) is 19.7. The van der Waals surface area contributed by atoms with Gasteiger partial charge in [0.25, 0.3) is 0 Å². The number of carbonyl (C=O) groups excluding carboxylic acids is 1. The van der Waals surface area contributed by atoms with E-state index < -0.39 is 5.60 Å². The molecule has 3 heterocycles.